The van der Waals surface area contributed by atoms with Crippen molar-refractivity contribution in [2.24, 2.45) is 0 Å². The minimum Gasteiger partial charge on any atom is -0.508 e. The maximum absolute atomic E-state index is 11.4. The highest BCUT2D eigenvalue weighted by molar-refractivity contribution is 8.06. The highest BCUT2D eigenvalue weighted by atomic mass is 32.3. The van der Waals surface area contributed by atoms with Gasteiger partial charge in [-0.1, -0.05) is 12.1 Å². The molecule has 0 aliphatic carbocycles. The lowest BCUT2D eigenvalue weighted by Crippen LogP contribution is -2.30. The number of sulfone groups is 1. The van der Waals surface area contributed by atoms with Gasteiger partial charge in [0.25, 0.3) is 0 Å². The van der Waals surface area contributed by atoms with Crippen LogP contribution in [0.25, 0.3) is 0 Å². The average molecular weight is 307 g/mol. The van der Waals surface area contributed by atoms with Gasteiger partial charge in [0.1, 0.15) is 5.75 Å². The van der Waals surface area contributed by atoms with Crippen LogP contribution in [0, 0.1) is 0 Å². The van der Waals surface area contributed by atoms with E-state index < -0.39 is 24.9 Å². The summed E-state index contributed by atoms with van der Waals surface area (Å²) in [5.74, 6) is 0.178. The predicted octanol–water partition coefficient (Wildman–Crippen LogP) is 0.246. The van der Waals surface area contributed by atoms with Crippen LogP contribution in [0.5, 0.6) is 5.75 Å². The van der Waals surface area contributed by atoms with E-state index >= 15 is 0 Å². The Labute approximate surface area is 113 Å². The van der Waals surface area contributed by atoms with Crippen LogP contribution in [0.3, 0.4) is 0 Å². The van der Waals surface area contributed by atoms with Gasteiger partial charge in [0.2, 0.25) is 10.0 Å². The van der Waals surface area contributed by atoms with Crippen molar-refractivity contribution in [1.82, 2.24) is 4.72 Å². The van der Waals surface area contributed by atoms with E-state index in [2.05, 4.69) is 4.72 Å². The monoisotopic (exact) mass is 307 g/mol. The van der Waals surface area contributed by atoms with Gasteiger partial charge in [0, 0.05) is 12.8 Å². The van der Waals surface area contributed by atoms with E-state index in [9.17, 15) is 16.8 Å². The number of aromatic hydroxyl groups is 1. The number of benzene rings is 1. The van der Waals surface area contributed by atoms with Crippen molar-refractivity contribution in [2.45, 2.75) is 12.8 Å². The summed E-state index contributed by atoms with van der Waals surface area (Å²) < 4.78 is 46.8. The molecule has 8 heteroatoms. The van der Waals surface area contributed by atoms with Gasteiger partial charge < -0.3 is 5.11 Å². The number of rotatable bonds is 7. The average Bonchev–Trinajstić information content (AvgIpc) is 2.23. The molecule has 0 aliphatic rings. The first-order valence-electron chi connectivity index (χ1n) is 5.61. The van der Waals surface area contributed by atoms with E-state index in [0.717, 1.165) is 11.8 Å². The lowest BCUT2D eigenvalue weighted by molar-refractivity contribution is 0.475. The molecule has 0 heterocycles. The van der Waals surface area contributed by atoms with Crippen LogP contribution in [-0.4, -0.2) is 39.8 Å². The summed E-state index contributed by atoms with van der Waals surface area (Å²) in [7, 11) is -7.33. The third-order valence-corrected chi connectivity index (χ3v) is 5.87. The predicted molar refractivity (Wildman–Crippen MR) is 73.1 cm³/mol. The van der Waals surface area contributed by atoms with Crippen LogP contribution in [-0.2, 0) is 26.3 Å². The molecule has 6 nitrogen and oxygen atoms in total. The maximum Gasteiger partial charge on any atom is 0.226 e. The topological polar surface area (TPSA) is 101 Å². The molecule has 1 aromatic carbocycles. The molecule has 0 fully saturated rings. The highest BCUT2D eigenvalue weighted by Gasteiger charge is 2.16. The molecule has 1 aromatic rings. The fraction of sp³-hybridized carbons (Fsp3) is 0.455. The molecule has 0 unspecified atom stereocenters. The van der Waals surface area contributed by atoms with Crippen LogP contribution >= 0.6 is 0 Å². The summed E-state index contributed by atoms with van der Waals surface area (Å²) in [5.41, 5.74) is 0.972. The Balaban J connectivity index is 2.37. The summed E-state index contributed by atoms with van der Waals surface area (Å²) in [5, 5.41) is 8.20. The second kappa shape index (κ2) is 6.36. The SMILES string of the molecule is CS(=O)(=O)CS(=O)(=O)NCCCc1ccc(O)cc1. The highest BCUT2D eigenvalue weighted by Crippen LogP contribution is 2.10. The number of aryl methyl sites for hydroxylation is 1. The Morgan fingerprint density at radius 2 is 1.68 bits per heavy atom. The molecule has 0 radical (unpaired) electrons. The lowest BCUT2D eigenvalue weighted by Gasteiger charge is -2.05. The van der Waals surface area contributed by atoms with Crippen molar-refractivity contribution in [3.63, 3.8) is 0 Å². The molecule has 2 N–H and O–H groups in total. The third kappa shape index (κ3) is 7.14. The molecular weight excluding hydrogens is 290 g/mol. The largest absolute Gasteiger partial charge is 0.508 e. The van der Waals surface area contributed by atoms with Gasteiger partial charge in [-0.2, -0.15) is 0 Å². The fourth-order valence-electron chi connectivity index (χ4n) is 1.51. The Morgan fingerprint density at radius 3 is 2.21 bits per heavy atom. The van der Waals surface area contributed by atoms with Crippen LogP contribution in [0.2, 0.25) is 0 Å². The molecule has 0 atom stereocenters. The second-order valence-electron chi connectivity index (χ2n) is 4.32. The van der Waals surface area contributed by atoms with E-state index in [1.165, 1.54) is 0 Å². The van der Waals surface area contributed by atoms with Gasteiger partial charge in [-0.25, -0.2) is 21.6 Å². The van der Waals surface area contributed by atoms with Gasteiger partial charge in [0.15, 0.2) is 14.9 Å². The van der Waals surface area contributed by atoms with Crippen LogP contribution < -0.4 is 4.72 Å². The molecule has 0 amide bonds. The smallest absolute Gasteiger partial charge is 0.226 e. The van der Waals surface area contributed by atoms with Crippen molar-refractivity contribution >= 4 is 19.9 Å². The number of nitrogens with one attached hydrogen (secondary N) is 1. The fourth-order valence-corrected chi connectivity index (χ4v) is 4.55. The van der Waals surface area contributed by atoms with E-state index in [1.807, 2.05) is 0 Å². The van der Waals surface area contributed by atoms with E-state index in [0.29, 0.717) is 12.8 Å². The summed E-state index contributed by atoms with van der Waals surface area (Å²) in [6.45, 7) is 0.179. The van der Waals surface area contributed by atoms with E-state index in [1.54, 1.807) is 24.3 Å². The third-order valence-electron chi connectivity index (χ3n) is 2.27. The van der Waals surface area contributed by atoms with Crippen molar-refractivity contribution < 1.29 is 21.9 Å². The number of hydrogen-bond donors (Lipinski definition) is 2. The number of phenolic OH excluding ortho intramolecular Hbond substituents is 1. The Morgan fingerprint density at radius 1 is 1.11 bits per heavy atom. The molecule has 0 aromatic heterocycles. The van der Waals surface area contributed by atoms with Crippen LogP contribution in [0.15, 0.2) is 24.3 Å². The van der Waals surface area contributed by atoms with Gasteiger partial charge in [0.05, 0.1) is 0 Å². The number of phenols is 1. The van der Waals surface area contributed by atoms with Crippen molar-refractivity contribution in [1.29, 1.82) is 0 Å². The van der Waals surface area contributed by atoms with Gasteiger partial charge in [-0.05, 0) is 30.5 Å². The molecule has 19 heavy (non-hydrogen) atoms. The number of hydrogen-bond acceptors (Lipinski definition) is 5. The van der Waals surface area contributed by atoms with Gasteiger partial charge in [-0.15, -0.1) is 0 Å². The minimum absolute atomic E-state index is 0.178. The Hall–Kier alpha value is -1.12. The van der Waals surface area contributed by atoms with Crippen molar-refractivity contribution in [3.8, 4) is 5.75 Å². The first-order valence-corrected chi connectivity index (χ1v) is 9.32. The molecule has 0 bridgehead atoms. The lowest BCUT2D eigenvalue weighted by atomic mass is 10.1. The molecule has 0 saturated heterocycles. The van der Waals surface area contributed by atoms with E-state index in [-0.39, 0.29) is 12.3 Å². The van der Waals surface area contributed by atoms with E-state index in [4.69, 9.17) is 5.11 Å². The van der Waals surface area contributed by atoms with Crippen molar-refractivity contribution in [2.75, 3.05) is 17.9 Å². The normalized spacial score (nSPS) is 12.5. The zero-order valence-electron chi connectivity index (χ0n) is 10.5. The second-order valence-corrected chi connectivity index (χ2v) is 8.64. The van der Waals surface area contributed by atoms with Crippen molar-refractivity contribution in [3.05, 3.63) is 29.8 Å². The summed E-state index contributed by atoms with van der Waals surface area (Å²) in [4.78, 5) is 0. The summed E-state index contributed by atoms with van der Waals surface area (Å²) in [6.07, 6.45) is 2.07. The summed E-state index contributed by atoms with van der Waals surface area (Å²) in [6, 6.07) is 6.62. The molecular formula is C11H17NO5S2. The first kappa shape index (κ1) is 15.9. The van der Waals surface area contributed by atoms with Gasteiger partial charge in [-0.3, -0.25) is 0 Å². The van der Waals surface area contributed by atoms with Crippen LogP contribution in [0.1, 0.15) is 12.0 Å². The summed E-state index contributed by atoms with van der Waals surface area (Å²) >= 11 is 0. The Kier molecular flexibility index (Phi) is 5.33. The number of sulfonamides is 1. The minimum atomic E-state index is -3.78. The van der Waals surface area contributed by atoms with Crippen LogP contribution in [0.4, 0.5) is 0 Å². The van der Waals surface area contributed by atoms with Gasteiger partial charge >= 0.3 is 0 Å². The zero-order valence-corrected chi connectivity index (χ0v) is 12.2. The molecule has 108 valence electrons. The molecule has 1 rings (SSSR count). The zero-order chi connectivity index (χ0) is 14.5. The molecule has 0 saturated carbocycles. The maximum atomic E-state index is 11.4. The first-order chi connectivity index (χ1) is 8.68. The standard InChI is InChI=1S/C11H17NO5S2/c1-18(14,15)9-19(16,17)12-8-2-3-10-4-6-11(13)7-5-10/h4-7,12-13H,2-3,8-9H2,1H3. The Bertz CT molecular complexity index is 605. The quantitative estimate of drug-likeness (QED) is 0.703. The molecule has 0 spiro atoms. The molecule has 0 aliphatic heterocycles.